The van der Waals surface area contributed by atoms with Crippen molar-refractivity contribution in [2.75, 3.05) is 33.3 Å². The van der Waals surface area contributed by atoms with Crippen molar-refractivity contribution >= 4 is 6.03 Å². The Morgan fingerprint density at radius 2 is 2.17 bits per heavy atom. The fraction of sp³-hybridized carbons (Fsp3) is 0.632. The Morgan fingerprint density at radius 1 is 1.38 bits per heavy atom. The molecule has 132 valence electrons. The number of likely N-dealkylation sites (tertiary alicyclic amines) is 1. The van der Waals surface area contributed by atoms with Crippen molar-refractivity contribution < 1.29 is 9.53 Å². The molecule has 5 heteroatoms. The minimum Gasteiger partial charge on any atom is -0.376 e. The largest absolute Gasteiger partial charge is 0.376 e. The van der Waals surface area contributed by atoms with Gasteiger partial charge >= 0.3 is 6.03 Å². The van der Waals surface area contributed by atoms with E-state index in [1.165, 1.54) is 5.56 Å². The summed E-state index contributed by atoms with van der Waals surface area (Å²) in [6.45, 7) is 5.69. The molecule has 3 atom stereocenters. The van der Waals surface area contributed by atoms with Crippen LogP contribution in [0, 0.1) is 0 Å². The molecule has 2 saturated heterocycles. The summed E-state index contributed by atoms with van der Waals surface area (Å²) in [6, 6.07) is 11.2. The van der Waals surface area contributed by atoms with E-state index in [0.29, 0.717) is 12.6 Å². The van der Waals surface area contributed by atoms with E-state index in [2.05, 4.69) is 41.4 Å². The zero-order valence-corrected chi connectivity index (χ0v) is 14.8. The average Bonchev–Trinajstić information content (AvgIpc) is 3.27. The molecule has 0 radical (unpaired) electrons. The van der Waals surface area contributed by atoms with Crippen LogP contribution in [0.25, 0.3) is 0 Å². The van der Waals surface area contributed by atoms with Crippen LogP contribution >= 0.6 is 0 Å². The Balaban J connectivity index is 1.46. The van der Waals surface area contributed by atoms with Gasteiger partial charge in [0.15, 0.2) is 0 Å². The highest BCUT2D eigenvalue weighted by Gasteiger charge is 2.29. The van der Waals surface area contributed by atoms with Gasteiger partial charge in [0.2, 0.25) is 0 Å². The minimum absolute atomic E-state index is 0.0183. The molecule has 1 aromatic rings. The fourth-order valence-electron chi connectivity index (χ4n) is 3.66. The van der Waals surface area contributed by atoms with Gasteiger partial charge in [0.05, 0.1) is 6.10 Å². The van der Waals surface area contributed by atoms with Gasteiger partial charge in [-0.1, -0.05) is 30.3 Å². The molecule has 2 heterocycles. The second kappa shape index (κ2) is 7.99. The predicted molar refractivity (Wildman–Crippen MR) is 95.0 cm³/mol. The lowest BCUT2D eigenvalue weighted by Crippen LogP contribution is -2.46. The van der Waals surface area contributed by atoms with E-state index in [1.54, 1.807) is 4.90 Å². The molecular weight excluding hydrogens is 302 g/mol. The SMILES string of the molecule is C[C@H](c1ccccc1)N1CC[C@@H](NC(=O)N(C)C[C@@H]2CCCO2)C1. The van der Waals surface area contributed by atoms with Gasteiger partial charge in [0, 0.05) is 45.4 Å². The number of ether oxygens (including phenoxy) is 1. The van der Waals surface area contributed by atoms with Gasteiger partial charge in [-0.15, -0.1) is 0 Å². The van der Waals surface area contributed by atoms with Gasteiger partial charge in [0.1, 0.15) is 0 Å². The number of urea groups is 1. The molecule has 24 heavy (non-hydrogen) atoms. The lowest BCUT2D eigenvalue weighted by atomic mass is 10.1. The van der Waals surface area contributed by atoms with Crippen molar-refractivity contribution in [2.24, 2.45) is 0 Å². The number of amides is 2. The molecule has 0 saturated carbocycles. The zero-order valence-electron chi connectivity index (χ0n) is 14.8. The Bertz CT molecular complexity index is 531. The molecule has 2 aliphatic heterocycles. The lowest BCUT2D eigenvalue weighted by Gasteiger charge is -2.26. The summed E-state index contributed by atoms with van der Waals surface area (Å²) in [4.78, 5) is 16.6. The van der Waals surface area contributed by atoms with Crippen LogP contribution in [0.3, 0.4) is 0 Å². The normalized spacial score (nSPS) is 25.6. The molecule has 0 aliphatic carbocycles. The van der Waals surface area contributed by atoms with Gasteiger partial charge < -0.3 is 15.0 Å². The molecule has 5 nitrogen and oxygen atoms in total. The van der Waals surface area contributed by atoms with Crippen molar-refractivity contribution in [1.29, 1.82) is 0 Å². The first-order valence-electron chi connectivity index (χ1n) is 9.05. The number of carbonyl (C=O) groups excluding carboxylic acids is 1. The maximum absolute atomic E-state index is 12.4. The highest BCUT2D eigenvalue weighted by Crippen LogP contribution is 2.24. The van der Waals surface area contributed by atoms with Crippen molar-refractivity contribution in [3.8, 4) is 0 Å². The second-order valence-corrected chi connectivity index (χ2v) is 7.03. The van der Waals surface area contributed by atoms with Crippen molar-refractivity contribution in [1.82, 2.24) is 15.1 Å². The van der Waals surface area contributed by atoms with Crippen LogP contribution in [-0.4, -0.2) is 61.3 Å². The molecule has 0 unspecified atom stereocenters. The molecule has 2 amide bonds. The Morgan fingerprint density at radius 3 is 2.88 bits per heavy atom. The molecular formula is C19H29N3O2. The van der Waals surface area contributed by atoms with Gasteiger partial charge in [-0.25, -0.2) is 4.79 Å². The summed E-state index contributed by atoms with van der Waals surface area (Å²) < 4.78 is 5.61. The third-order valence-electron chi connectivity index (χ3n) is 5.23. The van der Waals surface area contributed by atoms with Crippen LogP contribution in [0.5, 0.6) is 0 Å². The number of rotatable bonds is 5. The van der Waals surface area contributed by atoms with E-state index >= 15 is 0 Å². The molecule has 0 bridgehead atoms. The fourth-order valence-corrected chi connectivity index (χ4v) is 3.66. The summed E-state index contributed by atoms with van der Waals surface area (Å²) in [6.07, 6.45) is 3.38. The quantitative estimate of drug-likeness (QED) is 0.902. The average molecular weight is 331 g/mol. The number of nitrogens with zero attached hydrogens (tertiary/aromatic N) is 2. The van der Waals surface area contributed by atoms with Crippen LogP contribution < -0.4 is 5.32 Å². The topological polar surface area (TPSA) is 44.8 Å². The monoisotopic (exact) mass is 331 g/mol. The summed E-state index contributed by atoms with van der Waals surface area (Å²) in [7, 11) is 1.86. The Kier molecular flexibility index (Phi) is 5.74. The molecule has 1 N–H and O–H groups in total. The smallest absolute Gasteiger partial charge is 0.317 e. The molecule has 0 spiro atoms. The van der Waals surface area contributed by atoms with Crippen molar-refractivity contribution in [3.63, 3.8) is 0 Å². The summed E-state index contributed by atoms with van der Waals surface area (Å²) in [5.41, 5.74) is 1.33. The summed E-state index contributed by atoms with van der Waals surface area (Å²) in [5, 5.41) is 3.18. The van der Waals surface area contributed by atoms with Crippen LogP contribution in [0.1, 0.15) is 37.8 Å². The Labute approximate surface area is 145 Å². The number of hydrogen-bond donors (Lipinski definition) is 1. The highest BCUT2D eigenvalue weighted by molar-refractivity contribution is 5.74. The van der Waals surface area contributed by atoms with Crippen LogP contribution in [-0.2, 0) is 4.74 Å². The summed E-state index contributed by atoms with van der Waals surface area (Å²) >= 11 is 0. The number of likely N-dealkylation sites (N-methyl/N-ethyl adjacent to an activating group) is 1. The van der Waals surface area contributed by atoms with Gasteiger partial charge in [-0.05, 0) is 31.7 Å². The van der Waals surface area contributed by atoms with Gasteiger partial charge in [0.25, 0.3) is 0 Å². The van der Waals surface area contributed by atoms with E-state index < -0.39 is 0 Å². The first kappa shape index (κ1) is 17.2. The Hall–Kier alpha value is -1.59. The third-order valence-corrected chi connectivity index (χ3v) is 5.23. The molecule has 0 aromatic heterocycles. The first-order chi connectivity index (χ1) is 11.6. The van der Waals surface area contributed by atoms with E-state index in [0.717, 1.165) is 39.0 Å². The molecule has 3 rings (SSSR count). The van der Waals surface area contributed by atoms with Crippen LogP contribution in [0.2, 0.25) is 0 Å². The first-order valence-corrected chi connectivity index (χ1v) is 9.05. The maximum Gasteiger partial charge on any atom is 0.317 e. The van der Waals surface area contributed by atoms with E-state index in [4.69, 9.17) is 4.74 Å². The van der Waals surface area contributed by atoms with Crippen LogP contribution in [0.4, 0.5) is 4.79 Å². The van der Waals surface area contributed by atoms with Crippen molar-refractivity contribution in [2.45, 2.75) is 44.4 Å². The minimum atomic E-state index is 0.0183. The number of nitrogens with one attached hydrogen (secondary N) is 1. The molecule has 2 fully saturated rings. The lowest BCUT2D eigenvalue weighted by molar-refractivity contribution is 0.0870. The van der Waals surface area contributed by atoms with E-state index in [1.807, 2.05) is 13.1 Å². The standard InChI is InChI=1S/C19H29N3O2/c1-15(16-7-4-3-5-8-16)22-11-10-17(13-22)20-19(23)21(2)14-18-9-6-12-24-18/h3-5,7-8,15,17-18H,6,9-14H2,1-2H3,(H,20,23)/t15-,17-,18+/m1/s1. The van der Waals surface area contributed by atoms with Gasteiger partial charge in [-0.2, -0.15) is 0 Å². The third kappa shape index (κ3) is 4.28. The second-order valence-electron chi connectivity index (χ2n) is 7.03. The summed E-state index contributed by atoms with van der Waals surface area (Å²) in [5.74, 6) is 0. The number of carbonyl (C=O) groups is 1. The number of benzene rings is 1. The van der Waals surface area contributed by atoms with E-state index in [-0.39, 0.29) is 18.2 Å². The highest BCUT2D eigenvalue weighted by atomic mass is 16.5. The number of hydrogen-bond acceptors (Lipinski definition) is 3. The van der Waals surface area contributed by atoms with E-state index in [9.17, 15) is 4.79 Å². The van der Waals surface area contributed by atoms with Crippen molar-refractivity contribution in [3.05, 3.63) is 35.9 Å². The zero-order chi connectivity index (χ0) is 16.9. The predicted octanol–water partition coefficient (Wildman–Crippen LogP) is 2.64. The van der Waals surface area contributed by atoms with Crippen LogP contribution in [0.15, 0.2) is 30.3 Å². The maximum atomic E-state index is 12.4. The van der Waals surface area contributed by atoms with Gasteiger partial charge in [-0.3, -0.25) is 4.90 Å². The molecule has 1 aromatic carbocycles. The molecule has 2 aliphatic rings.